The highest BCUT2D eigenvalue weighted by Gasteiger charge is 2.20. The molecular weight excluding hydrogens is 332 g/mol. The van der Waals surface area contributed by atoms with E-state index in [9.17, 15) is 20.2 Å². The minimum absolute atomic E-state index is 0.0652. The molecule has 0 aliphatic rings. The number of rotatable bonds is 5. The molecule has 0 N–H and O–H groups in total. The molecule has 0 radical (unpaired) electrons. The third kappa shape index (κ3) is 3.27. The molecule has 0 amide bonds. The van der Waals surface area contributed by atoms with Gasteiger partial charge in [0.1, 0.15) is 5.75 Å². The van der Waals surface area contributed by atoms with Crippen molar-refractivity contribution >= 4 is 11.4 Å². The summed E-state index contributed by atoms with van der Waals surface area (Å²) in [4.78, 5) is 24.6. The van der Waals surface area contributed by atoms with Crippen LogP contribution in [0.1, 0.15) is 0 Å². The van der Waals surface area contributed by atoms with Crippen molar-refractivity contribution < 1.29 is 19.1 Å². The van der Waals surface area contributed by atoms with Crippen LogP contribution in [0.2, 0.25) is 0 Å². The molecule has 3 aromatic rings. The molecule has 0 aliphatic carbocycles. The van der Waals surface area contributed by atoms with Gasteiger partial charge in [-0.1, -0.05) is 17.3 Å². The lowest BCUT2D eigenvalue weighted by atomic mass is 10.1. The molecule has 25 heavy (non-hydrogen) atoms. The van der Waals surface area contributed by atoms with Crippen LogP contribution in [0.25, 0.3) is 22.8 Å². The van der Waals surface area contributed by atoms with Crippen LogP contribution in [0.5, 0.6) is 5.75 Å². The van der Waals surface area contributed by atoms with Gasteiger partial charge in [-0.25, -0.2) is 0 Å². The number of benzene rings is 2. The van der Waals surface area contributed by atoms with Gasteiger partial charge in [-0.2, -0.15) is 4.98 Å². The summed E-state index contributed by atoms with van der Waals surface area (Å²) in [5.74, 6) is 0.752. The first-order valence-corrected chi connectivity index (χ1v) is 6.90. The number of aromatic nitrogens is 2. The Hall–Kier alpha value is -3.82. The van der Waals surface area contributed by atoms with E-state index in [1.54, 1.807) is 24.3 Å². The fraction of sp³-hybridized carbons (Fsp3) is 0.0667. The van der Waals surface area contributed by atoms with Crippen LogP contribution in [0.3, 0.4) is 0 Å². The van der Waals surface area contributed by atoms with Crippen LogP contribution in [0, 0.1) is 20.2 Å². The largest absolute Gasteiger partial charge is 0.497 e. The highest BCUT2D eigenvalue weighted by atomic mass is 16.6. The van der Waals surface area contributed by atoms with Crippen LogP contribution in [0.4, 0.5) is 11.4 Å². The molecule has 1 heterocycles. The van der Waals surface area contributed by atoms with Crippen molar-refractivity contribution in [3.63, 3.8) is 0 Å². The van der Waals surface area contributed by atoms with Gasteiger partial charge in [0.25, 0.3) is 17.3 Å². The summed E-state index contributed by atoms with van der Waals surface area (Å²) < 4.78 is 10.2. The average Bonchev–Trinajstić information content (AvgIpc) is 3.11. The molecule has 0 saturated heterocycles. The zero-order chi connectivity index (χ0) is 18.0. The average molecular weight is 342 g/mol. The van der Waals surface area contributed by atoms with E-state index in [1.807, 2.05) is 0 Å². The Morgan fingerprint density at radius 1 is 1.00 bits per heavy atom. The van der Waals surface area contributed by atoms with Gasteiger partial charge in [0.2, 0.25) is 5.82 Å². The number of non-ortho nitro benzene ring substituents is 2. The first kappa shape index (κ1) is 16.1. The zero-order valence-electron chi connectivity index (χ0n) is 12.8. The van der Waals surface area contributed by atoms with E-state index in [0.29, 0.717) is 11.3 Å². The maximum atomic E-state index is 11.0. The summed E-state index contributed by atoms with van der Waals surface area (Å²) in [7, 11) is 1.52. The minimum Gasteiger partial charge on any atom is -0.497 e. The molecule has 3 rings (SSSR count). The fourth-order valence-electron chi connectivity index (χ4n) is 2.15. The second kappa shape index (κ2) is 6.35. The van der Waals surface area contributed by atoms with Gasteiger partial charge < -0.3 is 9.26 Å². The van der Waals surface area contributed by atoms with Crippen molar-refractivity contribution in [1.82, 2.24) is 10.1 Å². The summed E-state index contributed by atoms with van der Waals surface area (Å²) in [6, 6.07) is 10.0. The van der Waals surface area contributed by atoms with Gasteiger partial charge in [-0.15, -0.1) is 0 Å². The molecule has 10 nitrogen and oxygen atoms in total. The number of nitrogens with zero attached hydrogens (tertiary/aromatic N) is 4. The van der Waals surface area contributed by atoms with Gasteiger partial charge in [-0.05, 0) is 12.1 Å². The first-order chi connectivity index (χ1) is 12.0. The maximum Gasteiger partial charge on any atom is 0.277 e. The van der Waals surface area contributed by atoms with Crippen molar-refractivity contribution in [1.29, 1.82) is 0 Å². The topological polar surface area (TPSA) is 134 Å². The lowest BCUT2D eigenvalue weighted by Crippen LogP contribution is -1.94. The summed E-state index contributed by atoms with van der Waals surface area (Å²) in [6.07, 6.45) is 0. The number of nitro groups is 2. The monoisotopic (exact) mass is 342 g/mol. The van der Waals surface area contributed by atoms with Crippen LogP contribution >= 0.6 is 0 Å². The van der Waals surface area contributed by atoms with Crippen LogP contribution < -0.4 is 4.74 Å². The SMILES string of the molecule is COc1cccc(-c2noc(-c3cc([N+](=O)[O-])cc([N+](=O)[O-])c3)n2)c1. The van der Waals surface area contributed by atoms with E-state index in [0.717, 1.165) is 18.2 Å². The third-order valence-corrected chi connectivity index (χ3v) is 3.33. The van der Waals surface area contributed by atoms with E-state index in [1.165, 1.54) is 7.11 Å². The van der Waals surface area contributed by atoms with Gasteiger partial charge in [0, 0.05) is 17.7 Å². The fourth-order valence-corrected chi connectivity index (χ4v) is 2.15. The lowest BCUT2D eigenvalue weighted by molar-refractivity contribution is -0.394. The third-order valence-electron chi connectivity index (χ3n) is 3.33. The van der Waals surface area contributed by atoms with Gasteiger partial charge in [0.15, 0.2) is 0 Å². The second-order valence-corrected chi connectivity index (χ2v) is 4.91. The van der Waals surface area contributed by atoms with Crippen LogP contribution in [0.15, 0.2) is 47.0 Å². The number of ether oxygens (including phenoxy) is 1. The molecule has 0 unspecified atom stereocenters. The number of nitro benzene ring substituents is 2. The minimum atomic E-state index is -0.726. The van der Waals surface area contributed by atoms with Gasteiger partial charge >= 0.3 is 0 Å². The predicted octanol–water partition coefficient (Wildman–Crippen LogP) is 3.23. The van der Waals surface area contributed by atoms with Crippen LogP contribution in [-0.4, -0.2) is 27.1 Å². The highest BCUT2D eigenvalue weighted by Crippen LogP contribution is 2.30. The molecule has 0 atom stereocenters. The first-order valence-electron chi connectivity index (χ1n) is 6.90. The molecule has 126 valence electrons. The quantitative estimate of drug-likeness (QED) is 0.509. The molecule has 0 saturated carbocycles. The Balaban J connectivity index is 2.04. The zero-order valence-corrected chi connectivity index (χ0v) is 12.8. The summed E-state index contributed by atoms with van der Waals surface area (Å²) in [5.41, 5.74) is -0.188. The van der Waals surface area contributed by atoms with Crippen molar-refractivity contribution in [3.8, 4) is 28.6 Å². The van der Waals surface area contributed by atoms with E-state index >= 15 is 0 Å². The smallest absolute Gasteiger partial charge is 0.277 e. The Kier molecular flexibility index (Phi) is 4.08. The van der Waals surface area contributed by atoms with E-state index in [-0.39, 0.29) is 17.3 Å². The Morgan fingerprint density at radius 2 is 1.68 bits per heavy atom. The van der Waals surface area contributed by atoms with E-state index in [2.05, 4.69) is 10.1 Å². The Morgan fingerprint density at radius 3 is 2.28 bits per heavy atom. The molecule has 0 spiro atoms. The normalized spacial score (nSPS) is 10.4. The number of methoxy groups -OCH3 is 1. The lowest BCUT2D eigenvalue weighted by Gasteiger charge is -2.00. The summed E-state index contributed by atoms with van der Waals surface area (Å²) in [6.45, 7) is 0. The molecule has 2 aromatic carbocycles. The number of hydrogen-bond acceptors (Lipinski definition) is 8. The Bertz CT molecular complexity index is 936. The highest BCUT2D eigenvalue weighted by molar-refractivity contribution is 5.65. The summed E-state index contributed by atoms with van der Waals surface area (Å²) in [5, 5.41) is 25.7. The van der Waals surface area contributed by atoms with Crippen molar-refractivity contribution in [2.24, 2.45) is 0 Å². The van der Waals surface area contributed by atoms with Crippen molar-refractivity contribution in [2.75, 3.05) is 7.11 Å². The predicted molar refractivity (Wildman–Crippen MR) is 85.0 cm³/mol. The molecule has 0 bridgehead atoms. The number of hydrogen-bond donors (Lipinski definition) is 0. The van der Waals surface area contributed by atoms with Gasteiger partial charge in [0.05, 0.1) is 28.6 Å². The van der Waals surface area contributed by atoms with Crippen molar-refractivity contribution in [2.45, 2.75) is 0 Å². The molecule has 10 heteroatoms. The molecule has 0 aliphatic heterocycles. The standard InChI is InChI=1S/C15H10N4O6/c1-24-13-4-2-3-9(7-13)14-16-15(25-17-14)10-5-11(18(20)21)8-12(6-10)19(22)23/h2-8H,1H3. The Labute approximate surface area is 140 Å². The maximum absolute atomic E-state index is 11.0. The molecule has 1 aromatic heterocycles. The second-order valence-electron chi connectivity index (χ2n) is 4.91. The van der Waals surface area contributed by atoms with Gasteiger partial charge in [-0.3, -0.25) is 20.2 Å². The van der Waals surface area contributed by atoms with E-state index in [4.69, 9.17) is 9.26 Å². The molecule has 0 fully saturated rings. The van der Waals surface area contributed by atoms with E-state index < -0.39 is 21.2 Å². The summed E-state index contributed by atoms with van der Waals surface area (Å²) >= 11 is 0. The molecular formula is C15H10N4O6. The van der Waals surface area contributed by atoms with Crippen LogP contribution in [-0.2, 0) is 0 Å². The van der Waals surface area contributed by atoms with Crippen molar-refractivity contribution in [3.05, 3.63) is 62.7 Å².